The fourth-order valence-corrected chi connectivity index (χ4v) is 10.8. The molecule has 2 aliphatic rings. The average molecular weight is 962 g/mol. The molecule has 1 aliphatic carbocycles. The third kappa shape index (κ3) is 14.4. The standard InChI is InChI=1S/C58H80N4O4S2/c1-20-25-44-33-48(64)49-43(27-29-45(40(10)37(6)7)52(66)46(26-21-2)42(23-4)35-63)28-30-47(50(49)51(44)65)60-53-61-54(67-41(11)38(8)34-55(12,13)24-5)59-36-58(18,62(53)19)68-57(16,17)32-31-56(14,15)39(9)22-3/h20-23,25-26,28-30,33,35-39,41H,2-3,10,24,27,31-32,34H2,1,4-9,11-19H3/p+1. The van der Waals surface area contributed by atoms with Gasteiger partial charge in [0.2, 0.25) is 0 Å². The summed E-state index contributed by atoms with van der Waals surface area (Å²) in [6, 6.07) is 3.65. The Hall–Kier alpha value is -4.67. The molecule has 368 valence electrons. The monoisotopic (exact) mass is 962 g/mol. The molecule has 0 fully saturated rings. The van der Waals surface area contributed by atoms with Crippen LogP contribution in [0.3, 0.4) is 0 Å². The first kappa shape index (κ1) is 57.6. The summed E-state index contributed by atoms with van der Waals surface area (Å²) >= 11 is 3.46. The fraction of sp³-hybridized carbons (Fsp3) is 0.500. The number of allylic oxidation sites excluding steroid dienone is 13. The highest BCUT2D eigenvalue weighted by Gasteiger charge is 2.42. The van der Waals surface area contributed by atoms with Crippen LogP contribution in [0.15, 0.2) is 118 Å². The van der Waals surface area contributed by atoms with Crippen LogP contribution in [0.25, 0.3) is 0 Å². The van der Waals surface area contributed by atoms with Crippen molar-refractivity contribution in [2.24, 2.45) is 38.6 Å². The molecule has 0 saturated carbocycles. The number of guanidine groups is 1. The first-order valence-corrected chi connectivity index (χ1v) is 25.8. The van der Waals surface area contributed by atoms with Gasteiger partial charge in [-0.1, -0.05) is 163 Å². The fourth-order valence-electron chi connectivity index (χ4n) is 8.20. The van der Waals surface area contributed by atoms with Crippen molar-refractivity contribution in [3.63, 3.8) is 0 Å². The molecule has 0 bridgehead atoms. The summed E-state index contributed by atoms with van der Waals surface area (Å²) in [6.45, 7) is 44.4. The molecule has 3 rings (SSSR count). The lowest BCUT2D eigenvalue weighted by atomic mass is 9.75. The van der Waals surface area contributed by atoms with E-state index in [1.54, 1.807) is 43.0 Å². The van der Waals surface area contributed by atoms with Gasteiger partial charge in [0.1, 0.15) is 12.0 Å². The van der Waals surface area contributed by atoms with Gasteiger partial charge in [0.05, 0.1) is 18.8 Å². The van der Waals surface area contributed by atoms with Crippen molar-refractivity contribution in [1.82, 2.24) is 0 Å². The highest BCUT2D eigenvalue weighted by molar-refractivity contribution is 8.14. The Morgan fingerprint density at radius 2 is 1.65 bits per heavy atom. The number of Topliss-reactive ketones (excluding diaryl/α,β-unsaturated/α-hetero) is 2. The molecule has 1 aromatic carbocycles. The van der Waals surface area contributed by atoms with Crippen LogP contribution in [0.4, 0.5) is 5.69 Å². The van der Waals surface area contributed by atoms with Crippen molar-refractivity contribution in [2.75, 3.05) is 12.4 Å². The van der Waals surface area contributed by atoms with Crippen LogP contribution in [-0.2, 0) is 16.0 Å². The molecule has 68 heavy (non-hydrogen) atoms. The van der Waals surface area contributed by atoms with E-state index in [1.165, 1.54) is 18.2 Å². The minimum Gasteiger partial charge on any atom is -0.298 e. The molecule has 1 aliphatic heterocycles. The summed E-state index contributed by atoms with van der Waals surface area (Å²) < 4.78 is 1.91. The Bertz CT molecular complexity index is 2400. The van der Waals surface area contributed by atoms with E-state index in [0.717, 1.165) is 25.7 Å². The number of carbonyl (C=O) groups is 4. The van der Waals surface area contributed by atoms with E-state index in [4.69, 9.17) is 9.98 Å². The number of anilines is 1. The number of rotatable bonds is 23. The lowest BCUT2D eigenvalue weighted by molar-refractivity contribution is -0.528. The maximum Gasteiger partial charge on any atom is 0.395 e. The molecule has 0 radical (unpaired) electrons. The third-order valence-corrected chi connectivity index (χ3v) is 16.8. The number of nitrogens with zero attached hydrogens (tertiary/aromatic N) is 3. The number of nitrogens with one attached hydrogen (secondary N) is 1. The lowest BCUT2D eigenvalue weighted by Gasteiger charge is -2.37. The minimum atomic E-state index is -0.692. The van der Waals surface area contributed by atoms with Gasteiger partial charge in [0.15, 0.2) is 22.2 Å². The summed E-state index contributed by atoms with van der Waals surface area (Å²) in [5.41, 5.74) is 3.32. The van der Waals surface area contributed by atoms with Crippen LogP contribution >= 0.6 is 23.5 Å². The molecule has 8 nitrogen and oxygen atoms in total. The summed E-state index contributed by atoms with van der Waals surface area (Å²) in [5, 5.41) is 4.39. The highest BCUT2D eigenvalue weighted by atomic mass is 32.2. The highest BCUT2D eigenvalue weighted by Crippen LogP contribution is 2.44. The number of aliphatic imine (C=N–C) groups is 2. The second-order valence-electron chi connectivity index (χ2n) is 20.9. The van der Waals surface area contributed by atoms with Gasteiger partial charge in [-0.2, -0.15) is 0 Å². The average Bonchev–Trinajstić information content (AvgIpc) is 3.38. The first-order valence-electron chi connectivity index (χ1n) is 24.2. The molecule has 10 heteroatoms. The topological polar surface area (TPSA) is 108 Å². The van der Waals surface area contributed by atoms with Gasteiger partial charge >= 0.3 is 5.96 Å². The van der Waals surface area contributed by atoms with Crippen LogP contribution in [0.1, 0.15) is 156 Å². The largest absolute Gasteiger partial charge is 0.395 e. The number of thioether (sulfide) groups is 2. The zero-order valence-corrected chi connectivity index (χ0v) is 45.8. The number of hydrogen-bond donors (Lipinski definition) is 1. The number of benzene rings is 1. The molecule has 0 amide bonds. The molecular weight excluding hydrogens is 881 g/mol. The van der Waals surface area contributed by atoms with Crippen molar-refractivity contribution >= 4 is 70.2 Å². The SMILES string of the molecule is C=CC=C(C(=O)C(=CCc1ccc(NC2=[N+](C)C(C)(SC(C)(C)CCC(C)(C)C(C)C=C)C=NC(SC(C)C(C)CC(C)(C)CC)=N2)c2c1C(=O)C=C(C=CC)C2=O)C(=C)C(C)C)C(C=O)=CC. The molecule has 4 atom stereocenters. The van der Waals surface area contributed by atoms with E-state index in [9.17, 15) is 19.2 Å². The van der Waals surface area contributed by atoms with Crippen LogP contribution in [0.2, 0.25) is 0 Å². The molecule has 1 heterocycles. The third-order valence-electron chi connectivity index (χ3n) is 14.0. The Morgan fingerprint density at radius 3 is 2.21 bits per heavy atom. The smallest absolute Gasteiger partial charge is 0.298 e. The van der Waals surface area contributed by atoms with Crippen LogP contribution < -0.4 is 5.32 Å². The summed E-state index contributed by atoms with van der Waals surface area (Å²) in [4.78, 5) is 65.0. The van der Waals surface area contributed by atoms with Crippen LogP contribution in [0.5, 0.6) is 0 Å². The first-order chi connectivity index (χ1) is 31.7. The zero-order chi connectivity index (χ0) is 51.5. The molecule has 0 spiro atoms. The van der Waals surface area contributed by atoms with E-state index in [1.807, 2.05) is 64.0 Å². The number of amidine groups is 1. The molecular formula is C58H81N4O4S2+. The van der Waals surface area contributed by atoms with E-state index < -0.39 is 4.87 Å². The number of ketones is 3. The van der Waals surface area contributed by atoms with Crippen LogP contribution in [0, 0.1) is 28.6 Å². The predicted octanol–water partition coefficient (Wildman–Crippen LogP) is 14.4. The van der Waals surface area contributed by atoms with E-state index in [0.29, 0.717) is 51.6 Å². The molecule has 0 saturated heterocycles. The second-order valence-corrected chi connectivity index (χ2v) is 24.4. The lowest BCUT2D eigenvalue weighted by Crippen LogP contribution is -2.43. The van der Waals surface area contributed by atoms with Gasteiger partial charge in [-0.15, -0.1) is 18.3 Å². The van der Waals surface area contributed by atoms with Gasteiger partial charge in [-0.3, -0.25) is 19.2 Å². The van der Waals surface area contributed by atoms with Gasteiger partial charge in [-0.25, -0.2) is 14.9 Å². The number of carbonyl (C=O) groups excluding carboxylic acids is 4. The summed E-state index contributed by atoms with van der Waals surface area (Å²) in [7, 11) is 2.00. The quantitative estimate of drug-likeness (QED) is 0.0383. The Kier molecular flexibility index (Phi) is 20.6. The van der Waals surface area contributed by atoms with E-state index in [2.05, 4.69) is 106 Å². The predicted molar refractivity (Wildman–Crippen MR) is 295 cm³/mol. The van der Waals surface area contributed by atoms with Crippen LogP contribution in [-0.4, -0.2) is 67.5 Å². The summed E-state index contributed by atoms with van der Waals surface area (Å²) in [6.07, 6.45) is 20.0. The van der Waals surface area contributed by atoms with E-state index >= 15 is 0 Å². The minimum absolute atomic E-state index is 0.0669. The number of fused-ring (bicyclic) bond motifs is 1. The van der Waals surface area contributed by atoms with E-state index in [-0.39, 0.29) is 78.4 Å². The van der Waals surface area contributed by atoms with Crippen molar-refractivity contribution in [2.45, 2.75) is 151 Å². The Labute approximate surface area is 418 Å². The zero-order valence-electron chi connectivity index (χ0n) is 44.2. The van der Waals surface area contributed by atoms with Crippen molar-refractivity contribution < 1.29 is 23.8 Å². The Balaban J connectivity index is 2.32. The molecule has 0 aromatic heterocycles. The molecule has 1 N–H and O–H groups in total. The number of hydrogen-bond acceptors (Lipinski definition) is 9. The van der Waals surface area contributed by atoms with Gasteiger partial charge in [0.25, 0.3) is 5.17 Å². The van der Waals surface area contributed by atoms with Crippen molar-refractivity contribution in [1.29, 1.82) is 0 Å². The molecule has 1 aromatic rings. The normalized spacial score (nSPS) is 19.0. The summed E-state index contributed by atoms with van der Waals surface area (Å²) in [5.74, 6) is 0.105. The van der Waals surface area contributed by atoms with Gasteiger partial charge in [0, 0.05) is 37.9 Å². The van der Waals surface area contributed by atoms with Gasteiger partial charge in [-0.05, 0) is 103 Å². The van der Waals surface area contributed by atoms with Gasteiger partial charge < -0.3 is 0 Å². The number of aldehydes is 1. The maximum absolute atomic E-state index is 14.7. The van der Waals surface area contributed by atoms with Crippen molar-refractivity contribution in [3.05, 3.63) is 125 Å². The maximum atomic E-state index is 14.7. The second kappa shape index (κ2) is 24.2. The van der Waals surface area contributed by atoms with Crippen molar-refractivity contribution in [3.8, 4) is 0 Å². The molecule has 4 unspecified atom stereocenters. The Morgan fingerprint density at radius 1 is 0.985 bits per heavy atom.